The minimum Gasteiger partial charge on any atom is -0.359 e. The summed E-state index contributed by atoms with van der Waals surface area (Å²) in [6.07, 6.45) is 1.05. The summed E-state index contributed by atoms with van der Waals surface area (Å²) in [5.74, 6) is 0. The number of hydrogen-bond donors (Lipinski definition) is 1. The van der Waals surface area contributed by atoms with Gasteiger partial charge in [0.25, 0.3) is 0 Å². The molecule has 0 amide bonds. The van der Waals surface area contributed by atoms with Crippen molar-refractivity contribution >= 4 is 5.69 Å². The first-order valence-electron chi connectivity index (χ1n) is 5.24. The molecule has 0 atom stereocenters. The van der Waals surface area contributed by atoms with Gasteiger partial charge in [0.1, 0.15) is 0 Å². The fraction of sp³-hybridized carbons (Fsp3) is 0.385. The van der Waals surface area contributed by atoms with Crippen molar-refractivity contribution in [1.82, 2.24) is 0 Å². The molecule has 0 saturated heterocycles. The Labute approximate surface area is 87.9 Å². The molecule has 0 bridgehead atoms. The number of para-hydroxylation sites is 1. The maximum absolute atomic E-state index is 3.81. The summed E-state index contributed by atoms with van der Waals surface area (Å²) in [5, 5.41) is 3.23. The third-order valence-electron chi connectivity index (χ3n) is 1.75. The monoisotopic (exact) mass is 191 g/mol. The minimum absolute atomic E-state index is 0.982. The molecule has 0 fully saturated rings. The van der Waals surface area contributed by atoms with E-state index in [4.69, 9.17) is 0 Å². The van der Waals surface area contributed by atoms with E-state index in [0.29, 0.717) is 0 Å². The van der Waals surface area contributed by atoms with Crippen molar-refractivity contribution in [2.24, 2.45) is 0 Å². The van der Waals surface area contributed by atoms with Gasteiger partial charge in [-0.2, -0.15) is 0 Å². The molecule has 14 heavy (non-hydrogen) atoms. The average Bonchev–Trinajstić information content (AvgIpc) is 2.21. The van der Waals surface area contributed by atoms with E-state index in [9.17, 15) is 0 Å². The number of allylic oxidation sites excluding steroid dienone is 1. The standard InChI is InChI=1S/C11H15N.C2H6/c1-4-10-7-5-6-8-11(10)12-9(2)3;1-2/h5-8,12H,2,4H2,1,3H3;1-2H3. The van der Waals surface area contributed by atoms with Crippen LogP contribution in [-0.2, 0) is 6.42 Å². The largest absolute Gasteiger partial charge is 0.359 e. The Balaban J connectivity index is 0.000000791. The molecule has 0 aromatic heterocycles. The van der Waals surface area contributed by atoms with Gasteiger partial charge in [0.05, 0.1) is 0 Å². The molecule has 0 unspecified atom stereocenters. The van der Waals surface area contributed by atoms with Crippen LogP contribution in [0.2, 0.25) is 0 Å². The van der Waals surface area contributed by atoms with Gasteiger partial charge in [-0.1, -0.05) is 45.5 Å². The zero-order chi connectivity index (χ0) is 11.0. The fourth-order valence-electron chi connectivity index (χ4n) is 1.18. The first-order valence-corrected chi connectivity index (χ1v) is 5.24. The van der Waals surface area contributed by atoms with E-state index in [1.54, 1.807) is 0 Å². The highest BCUT2D eigenvalue weighted by atomic mass is 14.9. The summed E-state index contributed by atoms with van der Waals surface area (Å²) in [6.45, 7) is 11.9. The van der Waals surface area contributed by atoms with Gasteiger partial charge < -0.3 is 5.32 Å². The number of nitrogens with one attached hydrogen (secondary N) is 1. The molecular weight excluding hydrogens is 170 g/mol. The Morgan fingerprint density at radius 1 is 1.29 bits per heavy atom. The van der Waals surface area contributed by atoms with Crippen LogP contribution < -0.4 is 5.32 Å². The number of rotatable bonds is 3. The Bertz CT molecular complexity index is 276. The predicted octanol–water partition coefficient (Wildman–Crippen LogP) is 4.22. The van der Waals surface area contributed by atoms with Gasteiger partial charge >= 0.3 is 0 Å². The maximum atomic E-state index is 3.81. The predicted molar refractivity (Wildman–Crippen MR) is 65.6 cm³/mol. The topological polar surface area (TPSA) is 12.0 Å². The summed E-state index contributed by atoms with van der Waals surface area (Å²) in [5.41, 5.74) is 3.49. The van der Waals surface area contributed by atoms with Crippen LogP contribution in [0.25, 0.3) is 0 Å². The molecule has 1 N–H and O–H groups in total. The lowest BCUT2D eigenvalue weighted by molar-refractivity contribution is 1.14. The molecule has 1 heteroatoms. The average molecular weight is 191 g/mol. The first kappa shape index (κ1) is 12.8. The third kappa shape index (κ3) is 4.13. The van der Waals surface area contributed by atoms with Crippen LogP contribution in [0.1, 0.15) is 33.3 Å². The zero-order valence-electron chi connectivity index (χ0n) is 9.72. The van der Waals surface area contributed by atoms with E-state index >= 15 is 0 Å². The minimum atomic E-state index is 0.982. The van der Waals surface area contributed by atoms with Crippen LogP contribution in [-0.4, -0.2) is 0 Å². The van der Waals surface area contributed by atoms with Crippen molar-refractivity contribution in [3.05, 3.63) is 42.1 Å². The summed E-state index contributed by atoms with van der Waals surface area (Å²) in [6, 6.07) is 8.30. The molecule has 1 nitrogen and oxygen atoms in total. The van der Waals surface area contributed by atoms with E-state index in [1.165, 1.54) is 11.3 Å². The summed E-state index contributed by atoms with van der Waals surface area (Å²) >= 11 is 0. The van der Waals surface area contributed by atoms with Gasteiger partial charge in [0, 0.05) is 11.4 Å². The van der Waals surface area contributed by atoms with Crippen molar-refractivity contribution in [1.29, 1.82) is 0 Å². The molecular formula is C13H21N. The number of anilines is 1. The molecule has 0 aliphatic rings. The lowest BCUT2D eigenvalue weighted by atomic mass is 10.1. The van der Waals surface area contributed by atoms with E-state index in [-0.39, 0.29) is 0 Å². The van der Waals surface area contributed by atoms with Crippen LogP contribution in [0.3, 0.4) is 0 Å². The number of aryl methyl sites for hydroxylation is 1. The van der Waals surface area contributed by atoms with Gasteiger partial charge in [-0.15, -0.1) is 0 Å². The smallest absolute Gasteiger partial charge is 0.0413 e. The molecule has 1 aromatic rings. The van der Waals surface area contributed by atoms with E-state index in [1.807, 2.05) is 26.8 Å². The molecule has 78 valence electrons. The van der Waals surface area contributed by atoms with E-state index < -0.39 is 0 Å². The molecule has 1 aromatic carbocycles. The lowest BCUT2D eigenvalue weighted by Crippen LogP contribution is -1.97. The van der Waals surface area contributed by atoms with Crippen LogP contribution in [0, 0.1) is 0 Å². The lowest BCUT2D eigenvalue weighted by Gasteiger charge is -2.09. The van der Waals surface area contributed by atoms with Crippen molar-refractivity contribution in [3.8, 4) is 0 Å². The highest BCUT2D eigenvalue weighted by Gasteiger charge is 1.96. The summed E-state index contributed by atoms with van der Waals surface area (Å²) in [7, 11) is 0. The van der Waals surface area contributed by atoms with Crippen molar-refractivity contribution in [2.45, 2.75) is 34.1 Å². The van der Waals surface area contributed by atoms with Crippen LogP contribution in [0.15, 0.2) is 36.5 Å². The fourth-order valence-corrected chi connectivity index (χ4v) is 1.18. The van der Waals surface area contributed by atoms with Gasteiger partial charge in [-0.3, -0.25) is 0 Å². The molecule has 0 aliphatic heterocycles. The molecule has 1 rings (SSSR count). The highest BCUT2D eigenvalue weighted by Crippen LogP contribution is 2.16. The SMILES string of the molecule is C=C(C)Nc1ccccc1CC.CC. The second-order valence-electron chi connectivity index (χ2n) is 2.92. The Kier molecular flexibility index (Phi) is 6.55. The van der Waals surface area contributed by atoms with Crippen molar-refractivity contribution < 1.29 is 0 Å². The second kappa shape index (κ2) is 7.19. The molecule has 0 spiro atoms. The molecule has 0 heterocycles. The summed E-state index contributed by atoms with van der Waals surface area (Å²) in [4.78, 5) is 0. The van der Waals surface area contributed by atoms with Gasteiger partial charge in [-0.05, 0) is 25.0 Å². The van der Waals surface area contributed by atoms with E-state index in [0.717, 1.165) is 12.1 Å². The van der Waals surface area contributed by atoms with E-state index in [2.05, 4.69) is 37.0 Å². The Hall–Kier alpha value is -1.24. The van der Waals surface area contributed by atoms with Gasteiger partial charge in [-0.25, -0.2) is 0 Å². The summed E-state index contributed by atoms with van der Waals surface area (Å²) < 4.78 is 0. The van der Waals surface area contributed by atoms with Gasteiger partial charge in [0.15, 0.2) is 0 Å². The maximum Gasteiger partial charge on any atom is 0.0413 e. The van der Waals surface area contributed by atoms with Crippen molar-refractivity contribution in [2.75, 3.05) is 5.32 Å². The molecule has 0 aliphatic carbocycles. The van der Waals surface area contributed by atoms with Crippen molar-refractivity contribution in [3.63, 3.8) is 0 Å². The molecule has 0 radical (unpaired) electrons. The molecule has 0 saturated carbocycles. The number of benzene rings is 1. The van der Waals surface area contributed by atoms with Crippen LogP contribution in [0.4, 0.5) is 5.69 Å². The first-order chi connectivity index (χ1) is 6.74. The van der Waals surface area contributed by atoms with Crippen LogP contribution >= 0.6 is 0 Å². The normalized spacial score (nSPS) is 8.57. The third-order valence-corrected chi connectivity index (χ3v) is 1.75. The second-order valence-corrected chi connectivity index (χ2v) is 2.92. The quantitative estimate of drug-likeness (QED) is 0.754. The van der Waals surface area contributed by atoms with Gasteiger partial charge in [0.2, 0.25) is 0 Å². The highest BCUT2D eigenvalue weighted by molar-refractivity contribution is 5.54. The van der Waals surface area contributed by atoms with Crippen LogP contribution in [0.5, 0.6) is 0 Å². The number of hydrogen-bond acceptors (Lipinski definition) is 1. The Morgan fingerprint density at radius 3 is 2.36 bits per heavy atom. The Morgan fingerprint density at radius 2 is 1.86 bits per heavy atom. The zero-order valence-corrected chi connectivity index (χ0v) is 9.72.